The van der Waals surface area contributed by atoms with Gasteiger partial charge in [0.1, 0.15) is 11.9 Å². The standard InChI is InChI=1S/C30H41N5O5/c1-20-17-35(21(2)19-36)28(37)16-23-15-25(32-29(38)22-11-13-31-14-12-22)9-10-26(23)40-27(20)18-34(3)30(39)33-24-7-5-4-6-8-24/h9-15,20-21,24,27,36H,4-8,16-19H2,1-3H3,(H,32,38)(H,33,39)/t20-,21+,27+/m0/s1. The predicted octanol–water partition coefficient (Wildman–Crippen LogP) is 3.46. The summed E-state index contributed by atoms with van der Waals surface area (Å²) in [4.78, 5) is 46.4. The van der Waals surface area contributed by atoms with Gasteiger partial charge in [0.15, 0.2) is 0 Å². The Kier molecular flexibility index (Phi) is 9.98. The van der Waals surface area contributed by atoms with Crippen molar-refractivity contribution in [2.45, 2.75) is 70.6 Å². The first-order valence-electron chi connectivity index (χ1n) is 14.2. The molecule has 0 radical (unpaired) electrons. The minimum absolute atomic E-state index is 0.0517. The second-order valence-corrected chi connectivity index (χ2v) is 11.1. The Labute approximate surface area is 236 Å². The molecule has 1 saturated carbocycles. The van der Waals surface area contributed by atoms with Crippen LogP contribution in [0.5, 0.6) is 5.75 Å². The summed E-state index contributed by atoms with van der Waals surface area (Å²) >= 11 is 0. The Morgan fingerprint density at radius 1 is 1.18 bits per heavy atom. The number of carbonyl (C=O) groups excluding carboxylic acids is 3. The van der Waals surface area contributed by atoms with Crippen molar-refractivity contribution in [3.63, 3.8) is 0 Å². The average molecular weight is 552 g/mol. The van der Waals surface area contributed by atoms with Crippen LogP contribution in [-0.4, -0.2) is 82.7 Å². The molecule has 40 heavy (non-hydrogen) atoms. The third kappa shape index (κ3) is 7.50. The van der Waals surface area contributed by atoms with Crippen molar-refractivity contribution < 1.29 is 24.2 Å². The highest BCUT2D eigenvalue weighted by molar-refractivity contribution is 6.04. The molecule has 1 aliphatic carbocycles. The summed E-state index contributed by atoms with van der Waals surface area (Å²) in [5, 5.41) is 15.9. The Balaban J connectivity index is 1.56. The van der Waals surface area contributed by atoms with Crippen molar-refractivity contribution in [3.8, 4) is 5.75 Å². The average Bonchev–Trinajstić information content (AvgIpc) is 3.01. The van der Waals surface area contributed by atoms with Crippen LogP contribution in [0.4, 0.5) is 10.5 Å². The number of likely N-dealkylation sites (N-methyl/N-ethyl adjacent to an activating group) is 1. The molecule has 2 aromatic rings. The number of benzene rings is 1. The number of anilines is 1. The molecule has 10 heteroatoms. The Morgan fingerprint density at radius 2 is 1.90 bits per heavy atom. The molecule has 1 aromatic heterocycles. The van der Waals surface area contributed by atoms with Crippen LogP contribution < -0.4 is 15.4 Å². The van der Waals surface area contributed by atoms with Crippen LogP contribution in [0.3, 0.4) is 0 Å². The van der Waals surface area contributed by atoms with E-state index in [1.54, 1.807) is 59.6 Å². The maximum Gasteiger partial charge on any atom is 0.317 e. The zero-order valence-electron chi connectivity index (χ0n) is 23.6. The van der Waals surface area contributed by atoms with Crippen molar-refractivity contribution in [1.29, 1.82) is 0 Å². The molecule has 4 rings (SSSR count). The fourth-order valence-electron chi connectivity index (χ4n) is 5.32. The Hall–Kier alpha value is -3.66. The van der Waals surface area contributed by atoms with Gasteiger partial charge < -0.3 is 30.3 Å². The lowest BCUT2D eigenvalue weighted by molar-refractivity contribution is -0.134. The van der Waals surface area contributed by atoms with Crippen LogP contribution >= 0.6 is 0 Å². The third-order valence-corrected chi connectivity index (χ3v) is 7.85. The summed E-state index contributed by atoms with van der Waals surface area (Å²) in [5.41, 5.74) is 1.63. The molecule has 216 valence electrons. The number of aliphatic hydroxyl groups excluding tert-OH is 1. The number of amides is 4. The van der Waals surface area contributed by atoms with Crippen molar-refractivity contribution in [2.75, 3.05) is 32.1 Å². The molecule has 4 amide bonds. The SMILES string of the molecule is C[C@H](CO)N1C[C@H](C)[C@@H](CN(C)C(=O)NC2CCCCC2)Oc2ccc(NC(=O)c3ccncc3)cc2CC1=O. The van der Waals surface area contributed by atoms with Crippen LogP contribution in [0.2, 0.25) is 0 Å². The molecule has 0 spiro atoms. The lowest BCUT2D eigenvalue weighted by Gasteiger charge is -2.34. The minimum atomic E-state index is -0.405. The molecule has 0 saturated heterocycles. The Bertz CT molecular complexity index is 1170. The summed E-state index contributed by atoms with van der Waals surface area (Å²) in [7, 11) is 1.76. The fourth-order valence-corrected chi connectivity index (χ4v) is 5.32. The third-order valence-electron chi connectivity index (χ3n) is 7.85. The van der Waals surface area contributed by atoms with Gasteiger partial charge in [0.25, 0.3) is 5.91 Å². The van der Waals surface area contributed by atoms with Gasteiger partial charge in [-0.15, -0.1) is 0 Å². The first-order valence-corrected chi connectivity index (χ1v) is 14.2. The van der Waals surface area contributed by atoms with Gasteiger partial charge in [-0.2, -0.15) is 0 Å². The number of rotatable bonds is 7. The van der Waals surface area contributed by atoms with Crippen molar-refractivity contribution in [2.24, 2.45) is 5.92 Å². The van der Waals surface area contributed by atoms with Crippen LogP contribution in [0, 0.1) is 5.92 Å². The molecule has 3 atom stereocenters. The number of urea groups is 1. The zero-order chi connectivity index (χ0) is 28.6. The van der Waals surface area contributed by atoms with E-state index in [2.05, 4.69) is 15.6 Å². The number of ether oxygens (including phenoxy) is 1. The second kappa shape index (κ2) is 13.6. The molecule has 3 N–H and O–H groups in total. The van der Waals surface area contributed by atoms with Gasteiger partial charge >= 0.3 is 6.03 Å². The zero-order valence-corrected chi connectivity index (χ0v) is 23.6. The molecular weight excluding hydrogens is 510 g/mol. The second-order valence-electron chi connectivity index (χ2n) is 11.1. The molecule has 1 aromatic carbocycles. The highest BCUT2D eigenvalue weighted by atomic mass is 16.5. The summed E-state index contributed by atoms with van der Waals surface area (Å²) in [5.74, 6) is -0.0169. The van der Waals surface area contributed by atoms with E-state index in [4.69, 9.17) is 4.74 Å². The van der Waals surface area contributed by atoms with Gasteiger partial charge in [-0.3, -0.25) is 14.6 Å². The van der Waals surface area contributed by atoms with Crippen LogP contribution in [0.25, 0.3) is 0 Å². The van der Waals surface area contributed by atoms with E-state index in [-0.39, 0.29) is 48.9 Å². The van der Waals surface area contributed by atoms with Crippen LogP contribution in [0.15, 0.2) is 42.7 Å². The number of aromatic nitrogens is 1. The number of aliphatic hydroxyl groups is 1. The maximum atomic E-state index is 13.4. The van der Waals surface area contributed by atoms with Crippen molar-refractivity contribution in [1.82, 2.24) is 20.1 Å². The first-order chi connectivity index (χ1) is 19.2. The topological polar surface area (TPSA) is 124 Å². The molecule has 1 fully saturated rings. The fraction of sp³-hybridized carbons (Fsp3) is 0.533. The van der Waals surface area contributed by atoms with E-state index < -0.39 is 6.10 Å². The van der Waals surface area contributed by atoms with Crippen molar-refractivity contribution in [3.05, 3.63) is 53.9 Å². The Morgan fingerprint density at radius 3 is 2.60 bits per heavy atom. The molecule has 2 aliphatic rings. The van der Waals surface area contributed by atoms with E-state index in [9.17, 15) is 19.5 Å². The number of hydrogen-bond acceptors (Lipinski definition) is 6. The number of fused-ring (bicyclic) bond motifs is 1. The molecule has 2 heterocycles. The van der Waals surface area contributed by atoms with E-state index >= 15 is 0 Å². The molecule has 0 bridgehead atoms. The van der Waals surface area contributed by atoms with Gasteiger partial charge in [-0.25, -0.2) is 4.79 Å². The summed E-state index contributed by atoms with van der Waals surface area (Å²) < 4.78 is 6.51. The van der Waals surface area contributed by atoms with Gasteiger partial charge in [-0.05, 0) is 50.1 Å². The molecule has 1 aliphatic heterocycles. The van der Waals surface area contributed by atoms with Gasteiger partial charge in [0.2, 0.25) is 5.91 Å². The van der Waals surface area contributed by atoms with E-state index in [1.165, 1.54) is 6.42 Å². The van der Waals surface area contributed by atoms with Gasteiger partial charge in [-0.1, -0.05) is 26.2 Å². The highest BCUT2D eigenvalue weighted by Crippen LogP contribution is 2.29. The lowest BCUT2D eigenvalue weighted by Crippen LogP contribution is -2.50. The normalized spacial score (nSPS) is 20.7. The van der Waals surface area contributed by atoms with Crippen LogP contribution in [-0.2, 0) is 11.2 Å². The van der Waals surface area contributed by atoms with Crippen molar-refractivity contribution >= 4 is 23.5 Å². The molecule has 0 unspecified atom stereocenters. The lowest BCUT2D eigenvalue weighted by atomic mass is 9.96. The van der Waals surface area contributed by atoms with Gasteiger partial charge in [0.05, 0.1) is 25.6 Å². The van der Waals surface area contributed by atoms with E-state index in [1.807, 2.05) is 13.8 Å². The molecule has 10 nitrogen and oxygen atoms in total. The number of pyridine rings is 1. The first kappa shape index (κ1) is 29.3. The van der Waals surface area contributed by atoms with E-state index in [0.717, 1.165) is 25.7 Å². The van der Waals surface area contributed by atoms with Crippen LogP contribution in [0.1, 0.15) is 61.9 Å². The maximum absolute atomic E-state index is 13.4. The monoisotopic (exact) mass is 551 g/mol. The van der Waals surface area contributed by atoms with Gasteiger partial charge in [0, 0.05) is 54.8 Å². The number of nitrogens with zero attached hydrogens (tertiary/aromatic N) is 3. The largest absolute Gasteiger partial charge is 0.488 e. The molecular formula is C30H41N5O5. The van der Waals surface area contributed by atoms with E-state index in [0.29, 0.717) is 35.7 Å². The summed E-state index contributed by atoms with van der Waals surface area (Å²) in [6.45, 7) is 4.35. The highest BCUT2D eigenvalue weighted by Gasteiger charge is 2.32. The number of hydrogen-bond donors (Lipinski definition) is 3. The smallest absolute Gasteiger partial charge is 0.317 e. The number of carbonyl (C=O) groups is 3. The summed E-state index contributed by atoms with van der Waals surface area (Å²) in [6, 6.07) is 8.20. The number of nitrogens with one attached hydrogen (secondary N) is 2. The quantitative estimate of drug-likeness (QED) is 0.484. The summed E-state index contributed by atoms with van der Waals surface area (Å²) in [6.07, 6.45) is 8.22. The predicted molar refractivity (Wildman–Crippen MR) is 152 cm³/mol. The minimum Gasteiger partial charge on any atom is -0.488 e.